The average Bonchev–Trinajstić information content (AvgIpc) is 2.30. The van der Waals surface area contributed by atoms with E-state index in [0.717, 1.165) is 34.8 Å². The Labute approximate surface area is 108 Å². The molecule has 0 saturated carbocycles. The molecule has 2 heterocycles. The molecule has 88 valence electrons. The lowest BCUT2D eigenvalue weighted by molar-refractivity contribution is 0.153. The van der Waals surface area contributed by atoms with Crippen molar-refractivity contribution in [1.29, 1.82) is 0 Å². The summed E-state index contributed by atoms with van der Waals surface area (Å²) in [4.78, 5) is 10.8. The van der Waals surface area contributed by atoms with Gasteiger partial charge < -0.3 is 10.0 Å². The van der Waals surface area contributed by atoms with Gasteiger partial charge in [-0.3, -0.25) is 0 Å². The van der Waals surface area contributed by atoms with Crippen LogP contribution in [-0.4, -0.2) is 40.5 Å². The van der Waals surface area contributed by atoms with Crippen molar-refractivity contribution in [2.24, 2.45) is 0 Å². The second-order valence-electron chi connectivity index (χ2n) is 3.77. The SMILES string of the molecule is CSc1ncc(Br)c(N2CCCC(O)C2)n1. The van der Waals surface area contributed by atoms with E-state index in [4.69, 9.17) is 0 Å². The van der Waals surface area contributed by atoms with Crippen LogP contribution in [0.5, 0.6) is 0 Å². The molecule has 1 N–H and O–H groups in total. The quantitative estimate of drug-likeness (QED) is 0.668. The molecule has 0 aromatic carbocycles. The number of aromatic nitrogens is 2. The van der Waals surface area contributed by atoms with Crippen molar-refractivity contribution in [1.82, 2.24) is 9.97 Å². The van der Waals surface area contributed by atoms with Gasteiger partial charge in [0, 0.05) is 19.3 Å². The Morgan fingerprint density at radius 3 is 3.12 bits per heavy atom. The molecule has 1 aliphatic heterocycles. The number of nitrogens with zero attached hydrogens (tertiary/aromatic N) is 3. The zero-order valence-corrected chi connectivity index (χ0v) is 11.5. The largest absolute Gasteiger partial charge is 0.391 e. The molecule has 4 nitrogen and oxygen atoms in total. The lowest BCUT2D eigenvalue weighted by atomic mass is 10.1. The summed E-state index contributed by atoms with van der Waals surface area (Å²) in [5.74, 6) is 0.887. The summed E-state index contributed by atoms with van der Waals surface area (Å²) >= 11 is 4.98. The molecule has 0 spiro atoms. The number of halogens is 1. The monoisotopic (exact) mass is 303 g/mol. The predicted octanol–water partition coefficient (Wildman–Crippen LogP) is 1.92. The van der Waals surface area contributed by atoms with Gasteiger partial charge in [0.1, 0.15) is 5.82 Å². The third-order valence-corrected chi connectivity index (χ3v) is 3.70. The molecule has 0 amide bonds. The fourth-order valence-corrected chi connectivity index (χ4v) is 2.59. The highest BCUT2D eigenvalue weighted by atomic mass is 79.9. The molecule has 1 aliphatic rings. The van der Waals surface area contributed by atoms with Crippen molar-refractivity contribution < 1.29 is 5.11 Å². The smallest absolute Gasteiger partial charge is 0.189 e. The molecular formula is C10H14BrN3OS. The standard InChI is InChI=1S/C10H14BrN3OS/c1-16-10-12-5-8(11)9(13-10)14-4-2-3-7(15)6-14/h5,7,15H,2-4,6H2,1H3. The third-order valence-electron chi connectivity index (χ3n) is 2.58. The van der Waals surface area contributed by atoms with E-state index in [2.05, 4.69) is 30.8 Å². The van der Waals surface area contributed by atoms with Gasteiger partial charge >= 0.3 is 0 Å². The van der Waals surface area contributed by atoms with Crippen molar-refractivity contribution in [3.63, 3.8) is 0 Å². The molecule has 1 aromatic rings. The highest BCUT2D eigenvalue weighted by Crippen LogP contribution is 2.27. The van der Waals surface area contributed by atoms with Crippen LogP contribution >= 0.6 is 27.7 Å². The molecule has 1 fully saturated rings. The molecule has 0 bridgehead atoms. The predicted molar refractivity (Wildman–Crippen MR) is 69.0 cm³/mol. The van der Waals surface area contributed by atoms with Crippen LogP contribution in [-0.2, 0) is 0 Å². The topological polar surface area (TPSA) is 49.2 Å². The van der Waals surface area contributed by atoms with Gasteiger partial charge in [-0.15, -0.1) is 0 Å². The lowest BCUT2D eigenvalue weighted by Gasteiger charge is -2.31. The van der Waals surface area contributed by atoms with Gasteiger partial charge in [0.2, 0.25) is 0 Å². The number of β-amino-alcohol motifs (C(OH)–C–C–N with tert-alkyl or cyclic N) is 1. The number of thioether (sulfide) groups is 1. The van der Waals surface area contributed by atoms with Gasteiger partial charge in [-0.1, -0.05) is 11.8 Å². The van der Waals surface area contributed by atoms with Crippen molar-refractivity contribution >= 4 is 33.5 Å². The van der Waals surface area contributed by atoms with Gasteiger partial charge in [0.25, 0.3) is 0 Å². The molecule has 2 rings (SSSR count). The Hall–Kier alpha value is -0.330. The van der Waals surface area contributed by atoms with Gasteiger partial charge in [-0.25, -0.2) is 9.97 Å². The first-order valence-corrected chi connectivity index (χ1v) is 7.22. The van der Waals surface area contributed by atoms with Crippen LogP contribution in [0.4, 0.5) is 5.82 Å². The van der Waals surface area contributed by atoms with E-state index in [9.17, 15) is 5.11 Å². The lowest BCUT2D eigenvalue weighted by Crippen LogP contribution is -2.39. The zero-order chi connectivity index (χ0) is 11.5. The van der Waals surface area contributed by atoms with Gasteiger partial charge in [0.15, 0.2) is 5.16 Å². The Kier molecular flexibility index (Phi) is 4.05. The van der Waals surface area contributed by atoms with E-state index in [1.54, 1.807) is 6.20 Å². The van der Waals surface area contributed by atoms with E-state index < -0.39 is 0 Å². The zero-order valence-electron chi connectivity index (χ0n) is 9.06. The molecule has 16 heavy (non-hydrogen) atoms. The minimum absolute atomic E-state index is 0.242. The van der Waals surface area contributed by atoms with Gasteiger partial charge in [-0.2, -0.15) is 0 Å². The number of rotatable bonds is 2. The number of aliphatic hydroxyl groups excluding tert-OH is 1. The third kappa shape index (κ3) is 2.67. The van der Waals surface area contributed by atoms with Crippen LogP contribution in [0.25, 0.3) is 0 Å². The number of anilines is 1. The number of hydrogen-bond acceptors (Lipinski definition) is 5. The normalized spacial score (nSPS) is 21.2. The summed E-state index contributed by atoms with van der Waals surface area (Å²) in [6, 6.07) is 0. The highest BCUT2D eigenvalue weighted by Gasteiger charge is 2.21. The summed E-state index contributed by atoms with van der Waals surface area (Å²) < 4.78 is 0.888. The number of piperidine rings is 1. The van der Waals surface area contributed by atoms with Gasteiger partial charge in [-0.05, 0) is 35.0 Å². The minimum Gasteiger partial charge on any atom is -0.391 e. The maximum absolute atomic E-state index is 9.65. The fourth-order valence-electron chi connectivity index (χ4n) is 1.81. The Bertz CT molecular complexity index is 377. The van der Waals surface area contributed by atoms with Crippen molar-refractivity contribution in [3.05, 3.63) is 10.7 Å². The Morgan fingerprint density at radius 2 is 2.44 bits per heavy atom. The summed E-state index contributed by atoms with van der Waals surface area (Å²) in [6.07, 6.45) is 5.38. The van der Waals surface area contributed by atoms with Crippen molar-refractivity contribution in [2.45, 2.75) is 24.1 Å². The van der Waals surface area contributed by atoms with Crippen LogP contribution in [0.1, 0.15) is 12.8 Å². The minimum atomic E-state index is -0.242. The van der Waals surface area contributed by atoms with Crippen LogP contribution in [0.15, 0.2) is 15.8 Å². The van der Waals surface area contributed by atoms with Crippen LogP contribution in [0.3, 0.4) is 0 Å². The molecule has 1 aromatic heterocycles. The first kappa shape index (κ1) is 12.1. The highest BCUT2D eigenvalue weighted by molar-refractivity contribution is 9.10. The van der Waals surface area contributed by atoms with Crippen molar-refractivity contribution in [3.8, 4) is 0 Å². The fraction of sp³-hybridized carbons (Fsp3) is 0.600. The van der Waals surface area contributed by atoms with Crippen molar-refractivity contribution in [2.75, 3.05) is 24.2 Å². The summed E-state index contributed by atoms with van der Waals surface area (Å²) in [5.41, 5.74) is 0. The van der Waals surface area contributed by atoms with E-state index in [1.807, 2.05) is 6.26 Å². The molecular weight excluding hydrogens is 290 g/mol. The second kappa shape index (κ2) is 5.33. The summed E-state index contributed by atoms with van der Waals surface area (Å²) in [6.45, 7) is 1.60. The first-order valence-electron chi connectivity index (χ1n) is 5.20. The molecule has 0 aliphatic carbocycles. The Morgan fingerprint density at radius 1 is 1.62 bits per heavy atom. The molecule has 0 radical (unpaired) electrons. The average molecular weight is 304 g/mol. The summed E-state index contributed by atoms with van der Waals surface area (Å²) in [5, 5.41) is 10.4. The maximum Gasteiger partial charge on any atom is 0.189 e. The first-order chi connectivity index (χ1) is 7.70. The molecule has 6 heteroatoms. The van der Waals surface area contributed by atoms with E-state index in [-0.39, 0.29) is 6.10 Å². The van der Waals surface area contributed by atoms with Crippen LogP contribution < -0.4 is 4.90 Å². The van der Waals surface area contributed by atoms with Crippen LogP contribution in [0.2, 0.25) is 0 Å². The second-order valence-corrected chi connectivity index (χ2v) is 5.40. The molecule has 1 saturated heterocycles. The van der Waals surface area contributed by atoms with E-state index in [1.165, 1.54) is 11.8 Å². The maximum atomic E-state index is 9.65. The Balaban J connectivity index is 2.24. The molecule has 1 unspecified atom stereocenters. The van der Waals surface area contributed by atoms with Gasteiger partial charge in [0.05, 0.1) is 10.6 Å². The number of hydrogen-bond donors (Lipinski definition) is 1. The molecule has 1 atom stereocenters. The summed E-state index contributed by atoms with van der Waals surface area (Å²) in [7, 11) is 0. The van der Waals surface area contributed by atoms with Crippen LogP contribution in [0, 0.1) is 0 Å². The van der Waals surface area contributed by atoms with E-state index in [0.29, 0.717) is 6.54 Å². The number of aliphatic hydroxyl groups is 1. The van der Waals surface area contributed by atoms with E-state index >= 15 is 0 Å².